The Balaban J connectivity index is 1.77. The number of unbranched alkanes of at least 4 members (excludes halogenated alkanes) is 4. The van der Waals surface area contributed by atoms with Crippen molar-refractivity contribution in [3.63, 3.8) is 0 Å². The van der Waals surface area contributed by atoms with Gasteiger partial charge >= 0.3 is 5.97 Å². The molecule has 0 heterocycles. The minimum Gasteiger partial charge on any atom is -0.508 e. The van der Waals surface area contributed by atoms with E-state index < -0.39 is 66.1 Å². The molecule has 52 heavy (non-hydrogen) atoms. The molecule has 0 radical (unpaired) electrons. The summed E-state index contributed by atoms with van der Waals surface area (Å²) in [6, 6.07) is 10.4. The summed E-state index contributed by atoms with van der Waals surface area (Å²) in [4.78, 5) is 86.8. The summed E-state index contributed by atoms with van der Waals surface area (Å²) < 4.78 is 0. The Hall–Kier alpha value is -5.47. The van der Waals surface area contributed by atoms with Crippen molar-refractivity contribution in [2.45, 2.75) is 109 Å². The van der Waals surface area contributed by atoms with Gasteiger partial charge in [-0.1, -0.05) is 82.0 Å². The minimum absolute atomic E-state index is 0.00191. The number of primary amides is 2. The van der Waals surface area contributed by atoms with Crippen LogP contribution in [0, 0.1) is 5.92 Å². The van der Waals surface area contributed by atoms with Gasteiger partial charge in [0.1, 0.15) is 29.9 Å². The highest BCUT2D eigenvalue weighted by molar-refractivity contribution is 5.94. The Labute approximate surface area is 303 Å². The molecule has 0 aliphatic heterocycles. The number of aromatic hydroxyl groups is 1. The van der Waals surface area contributed by atoms with Crippen molar-refractivity contribution in [2.75, 3.05) is 0 Å². The van der Waals surface area contributed by atoms with Crippen molar-refractivity contribution in [3.8, 4) is 5.75 Å². The third kappa shape index (κ3) is 16.0. The molecule has 10 N–H and O–H groups in total. The van der Waals surface area contributed by atoms with Gasteiger partial charge in [0.15, 0.2) is 0 Å². The van der Waals surface area contributed by atoms with Gasteiger partial charge in [0.05, 0.1) is 6.42 Å². The highest BCUT2D eigenvalue weighted by atomic mass is 16.4. The maximum Gasteiger partial charge on any atom is 0.326 e. The third-order valence-electron chi connectivity index (χ3n) is 8.61. The summed E-state index contributed by atoms with van der Waals surface area (Å²) in [5.41, 5.74) is 12.2. The number of rotatable bonds is 24. The smallest absolute Gasteiger partial charge is 0.326 e. The molecule has 0 aliphatic rings. The lowest BCUT2D eigenvalue weighted by Gasteiger charge is -2.26. The second-order valence-corrected chi connectivity index (χ2v) is 12.9. The molecule has 2 aromatic carbocycles. The fraction of sp³-hybridized carbons (Fsp3) is 0.486. The first kappa shape index (κ1) is 42.7. The van der Waals surface area contributed by atoms with Crippen molar-refractivity contribution in [2.24, 2.45) is 17.4 Å². The Morgan fingerprint density at radius 1 is 0.654 bits per heavy atom. The molecule has 284 valence electrons. The quantitative estimate of drug-likeness (QED) is 0.0726. The number of aliphatic carboxylic acids is 1. The average molecular weight is 725 g/mol. The maximum absolute atomic E-state index is 13.2. The second kappa shape index (κ2) is 22.4. The second-order valence-electron chi connectivity index (χ2n) is 12.9. The standard InChI is InChI=1S/C37H52N6O9/c1-3-23(2)33(36(50)41-27(34(39)48)20-24-12-8-7-9-13-24)43-32(47)15-11-6-4-5-10-14-31(46)40-28(22-30(38)45)35(49)42-29(37(51)52)21-25-16-18-26(44)19-17-25/h7-9,12-13,16-19,23,27-29,33,44H,3-6,10-11,14-15,20-22H2,1-2H3,(H2,38,45)(H2,39,48)(H,40,46)(H,41,50)(H,42,49)(H,43,47)(H,51,52)/t23-,27+,28+,29+,33+/m1/s1. The summed E-state index contributed by atoms with van der Waals surface area (Å²) in [5, 5.41) is 29.3. The highest BCUT2D eigenvalue weighted by Gasteiger charge is 2.30. The highest BCUT2D eigenvalue weighted by Crippen LogP contribution is 2.14. The molecule has 2 aromatic rings. The first-order valence-electron chi connectivity index (χ1n) is 17.5. The molecule has 15 nitrogen and oxygen atoms in total. The van der Waals surface area contributed by atoms with Gasteiger partial charge in [-0.05, 0) is 42.0 Å². The number of phenolic OH excluding ortho intramolecular Hbond substituents is 1. The number of amides is 6. The van der Waals surface area contributed by atoms with E-state index in [9.17, 15) is 43.8 Å². The van der Waals surface area contributed by atoms with Crippen LogP contribution < -0.4 is 32.7 Å². The molecule has 0 bridgehead atoms. The average Bonchev–Trinajstić information content (AvgIpc) is 3.09. The number of hydrogen-bond acceptors (Lipinski definition) is 8. The fourth-order valence-electron chi connectivity index (χ4n) is 5.40. The number of carbonyl (C=O) groups is 7. The lowest BCUT2D eigenvalue weighted by molar-refractivity contribution is -0.142. The zero-order valence-corrected chi connectivity index (χ0v) is 29.8. The van der Waals surface area contributed by atoms with Crippen molar-refractivity contribution in [1.29, 1.82) is 0 Å². The van der Waals surface area contributed by atoms with Gasteiger partial charge in [-0.15, -0.1) is 0 Å². The van der Waals surface area contributed by atoms with Crippen LogP contribution in [-0.4, -0.2) is 75.8 Å². The van der Waals surface area contributed by atoms with Crippen molar-refractivity contribution in [3.05, 3.63) is 65.7 Å². The predicted molar refractivity (Wildman–Crippen MR) is 192 cm³/mol. The third-order valence-corrected chi connectivity index (χ3v) is 8.61. The number of carboxylic acids is 1. The summed E-state index contributed by atoms with van der Waals surface area (Å²) in [7, 11) is 0. The van der Waals surface area contributed by atoms with E-state index in [-0.39, 0.29) is 43.3 Å². The number of carboxylic acid groups (broad SMARTS) is 1. The molecule has 0 spiro atoms. The monoisotopic (exact) mass is 724 g/mol. The van der Waals surface area contributed by atoms with Crippen molar-refractivity contribution < 1.29 is 43.8 Å². The molecule has 2 rings (SSSR count). The summed E-state index contributed by atoms with van der Waals surface area (Å²) >= 11 is 0. The minimum atomic E-state index is -1.36. The first-order chi connectivity index (χ1) is 24.7. The number of benzene rings is 2. The molecular formula is C37H52N6O9. The van der Waals surface area contributed by atoms with E-state index in [2.05, 4.69) is 21.3 Å². The fourth-order valence-corrected chi connectivity index (χ4v) is 5.40. The molecule has 0 fully saturated rings. The summed E-state index contributed by atoms with van der Waals surface area (Å²) in [6.45, 7) is 3.74. The largest absolute Gasteiger partial charge is 0.508 e. The van der Waals surface area contributed by atoms with Crippen LogP contribution in [0.1, 0.15) is 82.8 Å². The van der Waals surface area contributed by atoms with Crippen LogP contribution in [0.4, 0.5) is 0 Å². The van der Waals surface area contributed by atoms with Gasteiger partial charge < -0.3 is 42.9 Å². The van der Waals surface area contributed by atoms with Gasteiger partial charge in [0, 0.05) is 25.7 Å². The maximum atomic E-state index is 13.2. The van der Waals surface area contributed by atoms with Crippen LogP contribution in [-0.2, 0) is 46.4 Å². The Kier molecular flexibility index (Phi) is 18.4. The number of phenols is 1. The van der Waals surface area contributed by atoms with E-state index in [0.29, 0.717) is 44.1 Å². The van der Waals surface area contributed by atoms with Gasteiger partial charge in [-0.2, -0.15) is 0 Å². The molecule has 0 aliphatic carbocycles. The van der Waals surface area contributed by atoms with Crippen LogP contribution in [0.15, 0.2) is 54.6 Å². The number of carbonyl (C=O) groups excluding carboxylic acids is 6. The number of nitrogens with one attached hydrogen (secondary N) is 4. The Bertz CT molecular complexity index is 1500. The van der Waals surface area contributed by atoms with Crippen LogP contribution in [0.25, 0.3) is 0 Å². The Morgan fingerprint density at radius 2 is 1.17 bits per heavy atom. The van der Waals surface area contributed by atoms with Gasteiger partial charge in [-0.25, -0.2) is 4.79 Å². The van der Waals surface area contributed by atoms with Crippen molar-refractivity contribution >= 4 is 41.4 Å². The molecule has 0 saturated carbocycles. The lowest BCUT2D eigenvalue weighted by atomic mass is 9.97. The number of nitrogens with two attached hydrogens (primary N) is 2. The van der Waals surface area contributed by atoms with Crippen LogP contribution in [0.5, 0.6) is 5.75 Å². The van der Waals surface area contributed by atoms with E-state index in [1.165, 1.54) is 24.3 Å². The van der Waals surface area contributed by atoms with Crippen LogP contribution in [0.3, 0.4) is 0 Å². The van der Waals surface area contributed by atoms with E-state index in [1.807, 2.05) is 44.2 Å². The molecular weight excluding hydrogens is 672 g/mol. The molecule has 15 heteroatoms. The first-order valence-corrected chi connectivity index (χ1v) is 17.5. The van der Waals surface area contributed by atoms with Gasteiger partial charge in [0.2, 0.25) is 35.4 Å². The molecule has 0 unspecified atom stereocenters. The van der Waals surface area contributed by atoms with E-state index in [4.69, 9.17) is 11.5 Å². The molecule has 0 saturated heterocycles. The SMILES string of the molecule is CC[C@@H](C)[C@H](NC(=O)CCCCCCCC(=O)N[C@@H](CC(N)=O)C(=O)N[C@@H](Cc1ccc(O)cc1)C(=O)O)C(=O)N[C@@H](Cc1ccccc1)C(N)=O. The zero-order valence-electron chi connectivity index (χ0n) is 29.8. The zero-order chi connectivity index (χ0) is 38.6. The lowest BCUT2D eigenvalue weighted by Crippen LogP contribution is -2.55. The molecule has 0 aromatic heterocycles. The van der Waals surface area contributed by atoms with Crippen molar-refractivity contribution in [1.82, 2.24) is 21.3 Å². The van der Waals surface area contributed by atoms with E-state index in [1.54, 1.807) is 0 Å². The topological polar surface area (TPSA) is 260 Å². The number of hydrogen-bond donors (Lipinski definition) is 8. The van der Waals surface area contributed by atoms with Crippen LogP contribution >= 0.6 is 0 Å². The predicted octanol–water partition coefficient (Wildman–Crippen LogP) is 1.34. The summed E-state index contributed by atoms with van der Waals surface area (Å²) in [6.07, 6.45) is 3.47. The Morgan fingerprint density at radius 3 is 1.71 bits per heavy atom. The van der Waals surface area contributed by atoms with Gasteiger partial charge in [-0.3, -0.25) is 28.8 Å². The normalized spacial score (nSPS) is 13.7. The van der Waals surface area contributed by atoms with E-state index in [0.717, 1.165) is 5.56 Å². The van der Waals surface area contributed by atoms with E-state index >= 15 is 0 Å². The molecule has 6 amide bonds. The van der Waals surface area contributed by atoms with Gasteiger partial charge in [0.25, 0.3) is 0 Å². The molecule has 5 atom stereocenters. The summed E-state index contributed by atoms with van der Waals surface area (Å²) in [5.74, 6) is -5.21. The van der Waals surface area contributed by atoms with Crippen LogP contribution in [0.2, 0.25) is 0 Å².